The van der Waals surface area contributed by atoms with Gasteiger partial charge in [0.25, 0.3) is 11.5 Å². The molecule has 1 atom stereocenters. The Bertz CT molecular complexity index is 469. The van der Waals surface area contributed by atoms with E-state index in [1.54, 1.807) is 6.07 Å². The van der Waals surface area contributed by atoms with Crippen molar-refractivity contribution < 1.29 is 22.7 Å². The molecule has 1 fully saturated rings. The van der Waals surface area contributed by atoms with E-state index < -0.39 is 17.7 Å². The van der Waals surface area contributed by atoms with E-state index in [2.05, 4.69) is 0 Å². The number of hydrogen-bond acceptors (Lipinski definition) is 2. The van der Waals surface area contributed by atoms with Gasteiger partial charge >= 0.3 is 6.18 Å². The Labute approximate surface area is 115 Å². The number of amides is 1. The molecule has 1 aromatic rings. The van der Waals surface area contributed by atoms with Crippen molar-refractivity contribution in [1.82, 2.24) is 4.90 Å². The summed E-state index contributed by atoms with van der Waals surface area (Å²) in [6.45, 7) is 0.680. The third-order valence-electron chi connectivity index (χ3n) is 3.58. The number of carbonyl (C=O) groups is 1. The van der Waals surface area contributed by atoms with Crippen LogP contribution in [0.3, 0.4) is 0 Å². The highest BCUT2D eigenvalue weighted by molar-refractivity contribution is 5.88. The van der Waals surface area contributed by atoms with Gasteiger partial charge in [0.2, 0.25) is 0 Å². The van der Waals surface area contributed by atoms with Crippen LogP contribution in [-0.2, 0) is 15.1 Å². The monoisotopic (exact) mass is 287 g/mol. The summed E-state index contributed by atoms with van der Waals surface area (Å²) in [7, 11) is 0.925. The third kappa shape index (κ3) is 2.28. The number of carbonyl (C=O) groups excluding carboxylic acids is 1. The number of hydrogen-bond donors (Lipinski definition) is 0. The number of methoxy groups -OCH3 is 1. The number of nitrogens with zero attached hydrogens (tertiary/aromatic N) is 1. The van der Waals surface area contributed by atoms with Crippen LogP contribution in [-0.4, -0.2) is 37.2 Å². The fraction of sp³-hybridized carbons (Fsp3) is 0.500. The Morgan fingerprint density at radius 1 is 1.15 bits per heavy atom. The Hall–Kier alpha value is -1.56. The van der Waals surface area contributed by atoms with Crippen molar-refractivity contribution in [2.45, 2.75) is 24.6 Å². The molecule has 0 saturated carbocycles. The molecule has 0 aromatic heterocycles. The normalized spacial score (nSPS) is 18.9. The molecule has 0 aliphatic carbocycles. The van der Waals surface area contributed by atoms with Gasteiger partial charge < -0.3 is 9.64 Å². The van der Waals surface area contributed by atoms with Gasteiger partial charge in [0.05, 0.1) is 0 Å². The minimum atomic E-state index is -4.82. The fourth-order valence-electron chi connectivity index (χ4n) is 2.55. The lowest BCUT2D eigenvalue weighted by atomic mass is 9.91. The highest BCUT2D eigenvalue weighted by Gasteiger charge is 2.63. The molecule has 1 amide bonds. The first-order valence-electron chi connectivity index (χ1n) is 6.40. The van der Waals surface area contributed by atoms with Crippen LogP contribution < -0.4 is 0 Å². The largest absolute Gasteiger partial charge is 0.430 e. The summed E-state index contributed by atoms with van der Waals surface area (Å²) >= 11 is 0. The van der Waals surface area contributed by atoms with Crippen molar-refractivity contribution in [3.05, 3.63) is 35.9 Å². The van der Waals surface area contributed by atoms with Gasteiger partial charge in [-0.25, -0.2) is 0 Å². The first-order valence-corrected chi connectivity index (χ1v) is 6.40. The van der Waals surface area contributed by atoms with Crippen molar-refractivity contribution in [2.24, 2.45) is 0 Å². The number of likely N-dealkylation sites (tertiary alicyclic amines) is 1. The van der Waals surface area contributed by atoms with Gasteiger partial charge in [-0.2, -0.15) is 13.2 Å². The average Bonchev–Trinajstić information content (AvgIpc) is 2.93. The molecule has 1 saturated heterocycles. The number of alkyl halides is 3. The number of ether oxygens (including phenoxy) is 1. The third-order valence-corrected chi connectivity index (χ3v) is 3.58. The van der Waals surface area contributed by atoms with Crippen LogP contribution >= 0.6 is 0 Å². The Morgan fingerprint density at radius 3 is 2.15 bits per heavy atom. The van der Waals surface area contributed by atoms with E-state index in [-0.39, 0.29) is 5.56 Å². The van der Waals surface area contributed by atoms with E-state index in [1.165, 1.54) is 29.2 Å². The molecule has 20 heavy (non-hydrogen) atoms. The summed E-state index contributed by atoms with van der Waals surface area (Å²) in [6, 6.07) is 7.06. The molecule has 0 radical (unpaired) electrons. The zero-order chi connectivity index (χ0) is 14.8. The number of rotatable bonds is 3. The Balaban J connectivity index is 2.51. The van der Waals surface area contributed by atoms with Crippen LogP contribution in [0, 0.1) is 0 Å². The average molecular weight is 287 g/mol. The minimum absolute atomic E-state index is 0.188. The predicted molar refractivity (Wildman–Crippen MR) is 67.0 cm³/mol. The first kappa shape index (κ1) is 14.8. The van der Waals surface area contributed by atoms with E-state index in [4.69, 9.17) is 4.74 Å². The molecule has 1 unspecified atom stereocenters. The van der Waals surface area contributed by atoms with Crippen LogP contribution in [0.1, 0.15) is 18.4 Å². The van der Waals surface area contributed by atoms with Crippen molar-refractivity contribution in [3.63, 3.8) is 0 Å². The molecule has 2 rings (SSSR count). The van der Waals surface area contributed by atoms with Gasteiger partial charge in [-0.05, 0) is 12.8 Å². The SMILES string of the molecule is COC(C(=O)N1CCCC1)(c1ccccc1)C(F)(F)F. The number of benzene rings is 1. The Kier molecular flexibility index (Phi) is 4.04. The highest BCUT2D eigenvalue weighted by Crippen LogP contribution is 2.43. The Morgan fingerprint density at radius 2 is 1.70 bits per heavy atom. The molecular formula is C14H16F3NO2. The maximum absolute atomic E-state index is 13.6. The van der Waals surface area contributed by atoms with E-state index in [9.17, 15) is 18.0 Å². The lowest BCUT2D eigenvalue weighted by Gasteiger charge is -2.36. The highest BCUT2D eigenvalue weighted by atomic mass is 19.4. The van der Waals surface area contributed by atoms with Gasteiger partial charge in [0.1, 0.15) is 0 Å². The van der Waals surface area contributed by atoms with Crippen LogP contribution in [0.5, 0.6) is 0 Å². The fourth-order valence-corrected chi connectivity index (χ4v) is 2.55. The zero-order valence-corrected chi connectivity index (χ0v) is 11.1. The van der Waals surface area contributed by atoms with E-state index >= 15 is 0 Å². The van der Waals surface area contributed by atoms with Crippen LogP contribution in [0.2, 0.25) is 0 Å². The molecule has 1 aliphatic rings. The smallest absolute Gasteiger partial charge is 0.356 e. The lowest BCUT2D eigenvalue weighted by Crippen LogP contribution is -2.56. The lowest BCUT2D eigenvalue weighted by molar-refractivity contribution is -0.270. The maximum atomic E-state index is 13.6. The summed E-state index contributed by atoms with van der Waals surface area (Å²) in [5, 5.41) is 0. The quantitative estimate of drug-likeness (QED) is 0.855. The molecule has 1 aromatic carbocycles. The molecule has 0 bridgehead atoms. The van der Waals surface area contributed by atoms with Crippen LogP contribution in [0.25, 0.3) is 0 Å². The molecule has 0 spiro atoms. The molecule has 6 heteroatoms. The summed E-state index contributed by atoms with van der Waals surface area (Å²) in [5.41, 5.74) is -3.11. The summed E-state index contributed by atoms with van der Waals surface area (Å²) in [6.07, 6.45) is -3.38. The first-order chi connectivity index (χ1) is 9.43. The predicted octanol–water partition coefficient (Wildman–Crippen LogP) is 2.71. The molecule has 1 aliphatic heterocycles. The minimum Gasteiger partial charge on any atom is -0.356 e. The van der Waals surface area contributed by atoms with Crippen LogP contribution in [0.15, 0.2) is 30.3 Å². The zero-order valence-electron chi connectivity index (χ0n) is 11.1. The second kappa shape index (κ2) is 5.44. The molecule has 1 heterocycles. The van der Waals surface area contributed by atoms with Gasteiger partial charge in [-0.1, -0.05) is 30.3 Å². The topological polar surface area (TPSA) is 29.5 Å². The second-order valence-electron chi connectivity index (χ2n) is 4.75. The maximum Gasteiger partial charge on any atom is 0.430 e. The molecule has 3 nitrogen and oxygen atoms in total. The van der Waals surface area contributed by atoms with Gasteiger partial charge in [0.15, 0.2) is 0 Å². The van der Waals surface area contributed by atoms with Crippen molar-refractivity contribution in [3.8, 4) is 0 Å². The van der Waals surface area contributed by atoms with Gasteiger partial charge in [0, 0.05) is 25.8 Å². The van der Waals surface area contributed by atoms with E-state index in [0.29, 0.717) is 13.1 Å². The van der Waals surface area contributed by atoms with E-state index in [1.807, 2.05) is 0 Å². The molecule has 110 valence electrons. The van der Waals surface area contributed by atoms with Gasteiger partial charge in [-0.3, -0.25) is 4.79 Å². The van der Waals surface area contributed by atoms with E-state index in [0.717, 1.165) is 20.0 Å². The van der Waals surface area contributed by atoms with Crippen LogP contribution in [0.4, 0.5) is 13.2 Å². The number of halogens is 3. The van der Waals surface area contributed by atoms with Crippen molar-refractivity contribution in [1.29, 1.82) is 0 Å². The standard InChI is InChI=1S/C14H16F3NO2/c1-20-13(14(15,16)17,11-7-3-2-4-8-11)12(19)18-9-5-6-10-18/h2-4,7-8H,5-6,9-10H2,1H3. The van der Waals surface area contributed by atoms with Crippen molar-refractivity contribution >= 4 is 5.91 Å². The molecule has 0 N–H and O–H groups in total. The molecular weight excluding hydrogens is 271 g/mol. The van der Waals surface area contributed by atoms with Gasteiger partial charge in [-0.15, -0.1) is 0 Å². The summed E-state index contributed by atoms with van der Waals surface area (Å²) in [5.74, 6) is -1.03. The second-order valence-corrected chi connectivity index (χ2v) is 4.75. The summed E-state index contributed by atoms with van der Waals surface area (Å²) < 4.78 is 45.5. The van der Waals surface area contributed by atoms with Crippen molar-refractivity contribution in [2.75, 3.05) is 20.2 Å². The summed E-state index contributed by atoms with van der Waals surface area (Å²) in [4.78, 5) is 13.7.